The van der Waals surface area contributed by atoms with Crippen molar-refractivity contribution >= 4 is 39.3 Å². The highest BCUT2D eigenvalue weighted by Gasteiger charge is 2.19. The fraction of sp³-hybridized carbons (Fsp3) is 0.105. The Balaban J connectivity index is 1.87. The molecular formula is C19H15BrN4O5. The molecule has 1 amide bonds. The molecule has 0 saturated carbocycles. The predicted molar refractivity (Wildman–Crippen MR) is 108 cm³/mol. The van der Waals surface area contributed by atoms with Crippen molar-refractivity contribution in [2.45, 2.75) is 6.54 Å². The number of halogens is 1. The molecule has 0 atom stereocenters. The molecule has 1 N–H and O–H groups in total. The molecule has 0 spiro atoms. The van der Waals surface area contributed by atoms with Crippen molar-refractivity contribution in [3.05, 3.63) is 86.0 Å². The zero-order chi connectivity index (χ0) is 21.0. The van der Waals surface area contributed by atoms with Crippen LogP contribution in [0.3, 0.4) is 0 Å². The van der Waals surface area contributed by atoms with Crippen molar-refractivity contribution < 1.29 is 19.2 Å². The molecule has 0 aliphatic carbocycles. The van der Waals surface area contributed by atoms with Gasteiger partial charge < -0.3 is 10.1 Å². The van der Waals surface area contributed by atoms with Gasteiger partial charge in [-0.3, -0.25) is 14.9 Å². The number of hydrogen-bond acceptors (Lipinski definition) is 6. The molecule has 29 heavy (non-hydrogen) atoms. The molecule has 0 radical (unpaired) electrons. The molecule has 9 nitrogen and oxygen atoms in total. The van der Waals surface area contributed by atoms with Gasteiger partial charge in [-0.1, -0.05) is 34.1 Å². The maximum Gasteiger partial charge on any atom is 0.338 e. The largest absolute Gasteiger partial charge is 0.465 e. The summed E-state index contributed by atoms with van der Waals surface area (Å²) in [6.07, 6.45) is 1.53. The summed E-state index contributed by atoms with van der Waals surface area (Å²) < 4.78 is 7.07. The molecule has 0 bridgehead atoms. The van der Waals surface area contributed by atoms with Gasteiger partial charge in [0.05, 0.1) is 30.3 Å². The third-order valence-electron chi connectivity index (χ3n) is 4.05. The zero-order valence-electron chi connectivity index (χ0n) is 15.2. The minimum absolute atomic E-state index is 0.0479. The monoisotopic (exact) mass is 458 g/mol. The minimum Gasteiger partial charge on any atom is -0.465 e. The molecule has 1 aromatic heterocycles. The van der Waals surface area contributed by atoms with Crippen LogP contribution in [-0.2, 0) is 11.3 Å². The zero-order valence-corrected chi connectivity index (χ0v) is 16.8. The van der Waals surface area contributed by atoms with E-state index in [4.69, 9.17) is 0 Å². The topological polar surface area (TPSA) is 116 Å². The highest BCUT2D eigenvalue weighted by atomic mass is 79.9. The van der Waals surface area contributed by atoms with E-state index in [-0.39, 0.29) is 16.8 Å². The van der Waals surface area contributed by atoms with Crippen LogP contribution in [0, 0.1) is 10.1 Å². The second-order valence-corrected chi connectivity index (χ2v) is 6.79. The molecule has 0 aliphatic rings. The molecule has 0 fully saturated rings. The van der Waals surface area contributed by atoms with Gasteiger partial charge in [0.25, 0.3) is 11.6 Å². The Morgan fingerprint density at radius 1 is 1.21 bits per heavy atom. The second kappa shape index (κ2) is 8.65. The standard InChI is InChI=1S/C19H15BrN4O5/c1-29-19(26)14-8-13(9-15(10-14)24(27)28)18(25)22-17-6-7-21-23(17)11-12-4-2-3-5-16(12)20/h2-10H,11H2,1H3,(H,22,25). The number of esters is 1. The van der Waals surface area contributed by atoms with E-state index in [9.17, 15) is 19.7 Å². The van der Waals surface area contributed by atoms with E-state index < -0.39 is 16.8 Å². The molecule has 10 heteroatoms. The van der Waals surface area contributed by atoms with E-state index in [0.717, 1.165) is 29.3 Å². The third-order valence-corrected chi connectivity index (χ3v) is 4.82. The van der Waals surface area contributed by atoms with Crippen molar-refractivity contribution in [1.29, 1.82) is 0 Å². The number of ether oxygens (including phenoxy) is 1. The second-order valence-electron chi connectivity index (χ2n) is 5.94. The van der Waals surface area contributed by atoms with Gasteiger partial charge in [-0.05, 0) is 17.7 Å². The van der Waals surface area contributed by atoms with Gasteiger partial charge in [0, 0.05) is 28.2 Å². The number of nitro groups is 1. The lowest BCUT2D eigenvalue weighted by molar-refractivity contribution is -0.384. The van der Waals surface area contributed by atoms with Crippen LogP contribution in [0.2, 0.25) is 0 Å². The molecule has 148 valence electrons. The Bertz CT molecular complexity index is 1100. The van der Waals surface area contributed by atoms with Gasteiger partial charge in [0.15, 0.2) is 0 Å². The van der Waals surface area contributed by atoms with E-state index in [2.05, 4.69) is 31.1 Å². The summed E-state index contributed by atoms with van der Waals surface area (Å²) in [6, 6.07) is 12.6. The van der Waals surface area contributed by atoms with E-state index in [1.807, 2.05) is 24.3 Å². The first-order valence-electron chi connectivity index (χ1n) is 8.33. The number of nitrogens with one attached hydrogen (secondary N) is 1. The SMILES string of the molecule is COC(=O)c1cc(C(=O)Nc2ccnn2Cc2ccccc2Br)cc([N+](=O)[O-])c1. The average molecular weight is 459 g/mol. The first-order chi connectivity index (χ1) is 13.9. The Labute approximate surface area is 173 Å². The molecule has 1 heterocycles. The van der Waals surface area contributed by atoms with Crippen molar-refractivity contribution in [2.75, 3.05) is 12.4 Å². The number of benzene rings is 2. The first-order valence-corrected chi connectivity index (χ1v) is 9.12. The van der Waals surface area contributed by atoms with Crippen molar-refractivity contribution in [3.63, 3.8) is 0 Å². The fourth-order valence-corrected chi connectivity index (χ4v) is 3.03. The highest BCUT2D eigenvalue weighted by molar-refractivity contribution is 9.10. The van der Waals surface area contributed by atoms with Gasteiger partial charge in [-0.2, -0.15) is 5.10 Å². The number of non-ortho nitro benzene ring substituents is 1. The van der Waals surface area contributed by atoms with Crippen LogP contribution in [-0.4, -0.2) is 33.7 Å². The average Bonchev–Trinajstić information content (AvgIpc) is 3.15. The van der Waals surface area contributed by atoms with Crippen LogP contribution in [0.1, 0.15) is 26.3 Å². The number of carbonyl (C=O) groups excluding carboxylic acids is 2. The molecular weight excluding hydrogens is 444 g/mol. The van der Waals surface area contributed by atoms with Gasteiger partial charge >= 0.3 is 5.97 Å². The van der Waals surface area contributed by atoms with Crippen molar-refractivity contribution in [2.24, 2.45) is 0 Å². The number of hydrogen-bond donors (Lipinski definition) is 1. The number of anilines is 1. The van der Waals surface area contributed by atoms with Gasteiger partial charge in [0.1, 0.15) is 5.82 Å². The van der Waals surface area contributed by atoms with E-state index >= 15 is 0 Å². The smallest absolute Gasteiger partial charge is 0.338 e. The summed E-state index contributed by atoms with van der Waals surface area (Å²) in [5.41, 5.74) is 0.427. The number of amides is 1. The first kappa shape index (κ1) is 20.2. The summed E-state index contributed by atoms with van der Waals surface area (Å²) in [7, 11) is 1.15. The van der Waals surface area contributed by atoms with Crippen LogP contribution in [0.5, 0.6) is 0 Å². The number of aromatic nitrogens is 2. The van der Waals surface area contributed by atoms with Crippen molar-refractivity contribution in [1.82, 2.24) is 9.78 Å². The van der Waals surface area contributed by atoms with Crippen LogP contribution < -0.4 is 5.32 Å². The van der Waals surface area contributed by atoms with Gasteiger partial charge in [0.2, 0.25) is 0 Å². The van der Waals surface area contributed by atoms with Crippen molar-refractivity contribution in [3.8, 4) is 0 Å². The summed E-state index contributed by atoms with van der Waals surface area (Å²) in [6.45, 7) is 0.395. The maximum absolute atomic E-state index is 12.7. The lowest BCUT2D eigenvalue weighted by atomic mass is 10.1. The summed E-state index contributed by atoms with van der Waals surface area (Å²) in [4.78, 5) is 34.9. The van der Waals surface area contributed by atoms with E-state index in [1.165, 1.54) is 12.3 Å². The molecule has 2 aromatic carbocycles. The Hall–Kier alpha value is -3.53. The normalized spacial score (nSPS) is 10.4. The number of methoxy groups -OCH3 is 1. The quantitative estimate of drug-likeness (QED) is 0.342. The highest BCUT2D eigenvalue weighted by Crippen LogP contribution is 2.21. The number of nitrogens with zero attached hydrogens (tertiary/aromatic N) is 3. The Kier molecular flexibility index (Phi) is 6.03. The summed E-state index contributed by atoms with van der Waals surface area (Å²) >= 11 is 3.47. The summed E-state index contributed by atoms with van der Waals surface area (Å²) in [5, 5.41) is 18.0. The number of rotatable bonds is 6. The van der Waals surface area contributed by atoms with Crippen LogP contribution in [0.25, 0.3) is 0 Å². The molecule has 0 unspecified atom stereocenters. The number of nitro benzene ring substituents is 1. The van der Waals surface area contributed by atoms with Gasteiger partial charge in [-0.25, -0.2) is 9.48 Å². The van der Waals surface area contributed by atoms with E-state index in [1.54, 1.807) is 10.7 Å². The number of carbonyl (C=O) groups is 2. The minimum atomic E-state index is -0.776. The van der Waals surface area contributed by atoms with Crippen LogP contribution in [0.15, 0.2) is 59.2 Å². The summed E-state index contributed by atoms with van der Waals surface area (Å²) in [5.74, 6) is -0.994. The molecule has 3 rings (SSSR count). The lowest BCUT2D eigenvalue weighted by Gasteiger charge is -2.11. The molecule has 0 saturated heterocycles. The molecule has 0 aliphatic heterocycles. The lowest BCUT2D eigenvalue weighted by Crippen LogP contribution is -2.17. The van der Waals surface area contributed by atoms with Crippen LogP contribution >= 0.6 is 15.9 Å². The maximum atomic E-state index is 12.7. The predicted octanol–water partition coefficient (Wildman–Crippen LogP) is 3.64. The molecule has 3 aromatic rings. The third kappa shape index (κ3) is 4.66. The van der Waals surface area contributed by atoms with Crippen LogP contribution in [0.4, 0.5) is 11.5 Å². The Morgan fingerprint density at radius 3 is 2.62 bits per heavy atom. The fourth-order valence-electron chi connectivity index (χ4n) is 2.62. The Morgan fingerprint density at radius 2 is 1.93 bits per heavy atom. The van der Waals surface area contributed by atoms with E-state index in [0.29, 0.717) is 12.4 Å². The van der Waals surface area contributed by atoms with Gasteiger partial charge in [-0.15, -0.1) is 0 Å².